The minimum absolute atomic E-state index is 0.263. The molecule has 1 aromatic heterocycles. The van der Waals surface area contributed by atoms with Gasteiger partial charge in [0.05, 0.1) is 5.69 Å². The quantitative estimate of drug-likeness (QED) is 0.465. The first kappa shape index (κ1) is 18.0. The van der Waals surface area contributed by atoms with Gasteiger partial charge >= 0.3 is 0 Å². The Morgan fingerprint density at radius 2 is 2.12 bits per heavy atom. The zero-order valence-electron chi connectivity index (χ0n) is 14.6. The molecule has 130 valence electrons. The third-order valence-electron chi connectivity index (χ3n) is 3.85. The number of hydrogen-bond donors (Lipinski definition) is 2. The highest BCUT2D eigenvalue weighted by Gasteiger charge is 2.08. The third-order valence-corrected chi connectivity index (χ3v) is 3.85. The molecule has 6 heteroatoms. The van der Waals surface area contributed by atoms with Crippen molar-refractivity contribution in [2.24, 2.45) is 4.99 Å². The fraction of sp³-hybridized carbons (Fsp3) is 0.444. The van der Waals surface area contributed by atoms with Crippen LogP contribution in [0.5, 0.6) is 0 Å². The molecule has 0 atom stereocenters. The summed E-state index contributed by atoms with van der Waals surface area (Å²) in [4.78, 5) is 8.31. The number of imidazole rings is 1. The summed E-state index contributed by atoms with van der Waals surface area (Å²) in [7, 11) is 1.74. The van der Waals surface area contributed by atoms with Crippen molar-refractivity contribution in [1.29, 1.82) is 0 Å². The molecule has 0 saturated carbocycles. The van der Waals surface area contributed by atoms with Gasteiger partial charge in [-0.25, -0.2) is 9.37 Å². The van der Waals surface area contributed by atoms with Gasteiger partial charge in [-0.05, 0) is 31.0 Å². The first-order valence-electron chi connectivity index (χ1n) is 8.39. The smallest absolute Gasteiger partial charge is 0.191 e. The van der Waals surface area contributed by atoms with Crippen molar-refractivity contribution in [3.8, 4) is 5.69 Å². The zero-order chi connectivity index (χ0) is 17.4. The molecule has 24 heavy (non-hydrogen) atoms. The average molecular weight is 331 g/mol. The summed E-state index contributed by atoms with van der Waals surface area (Å²) in [5.74, 6) is 1.23. The van der Waals surface area contributed by atoms with Crippen molar-refractivity contribution in [3.05, 3.63) is 47.8 Å². The molecule has 0 spiro atoms. The van der Waals surface area contributed by atoms with E-state index < -0.39 is 0 Å². The van der Waals surface area contributed by atoms with Gasteiger partial charge in [-0.15, -0.1) is 0 Å². The number of aliphatic imine (C=N–C) groups is 1. The standard InChI is InChI=1S/C18H26FN5/c1-4-5-6-9-22-18(20-3)23-13-15-7-8-17(16(19)12-15)24-11-10-21-14(24)2/h7-8,10-12H,4-6,9,13H2,1-3H3,(H2,20,22,23). The number of halogens is 1. The van der Waals surface area contributed by atoms with E-state index in [1.165, 1.54) is 12.8 Å². The SMILES string of the molecule is CCCCCNC(=NC)NCc1ccc(-n2ccnc2C)c(F)c1. The highest BCUT2D eigenvalue weighted by atomic mass is 19.1. The first-order valence-corrected chi connectivity index (χ1v) is 8.39. The van der Waals surface area contributed by atoms with Crippen LogP contribution < -0.4 is 10.6 Å². The molecular formula is C18H26FN5. The number of unbranched alkanes of at least 4 members (excludes halogenated alkanes) is 2. The summed E-state index contributed by atoms with van der Waals surface area (Å²) < 4.78 is 16.1. The molecule has 1 heterocycles. The van der Waals surface area contributed by atoms with E-state index in [1.807, 2.05) is 13.0 Å². The van der Waals surface area contributed by atoms with E-state index in [-0.39, 0.29) is 5.82 Å². The van der Waals surface area contributed by atoms with Crippen molar-refractivity contribution >= 4 is 5.96 Å². The summed E-state index contributed by atoms with van der Waals surface area (Å²) in [6, 6.07) is 5.24. The first-order chi connectivity index (χ1) is 11.7. The van der Waals surface area contributed by atoms with Crippen LogP contribution in [0.4, 0.5) is 4.39 Å². The molecule has 2 N–H and O–H groups in total. The van der Waals surface area contributed by atoms with Crippen LogP contribution in [0.25, 0.3) is 5.69 Å². The van der Waals surface area contributed by atoms with Gasteiger partial charge < -0.3 is 15.2 Å². The van der Waals surface area contributed by atoms with Gasteiger partial charge in [-0.2, -0.15) is 0 Å². The van der Waals surface area contributed by atoms with Crippen LogP contribution in [0.15, 0.2) is 35.6 Å². The summed E-state index contributed by atoms with van der Waals surface area (Å²) in [5.41, 5.74) is 1.38. The summed E-state index contributed by atoms with van der Waals surface area (Å²) in [5, 5.41) is 6.47. The monoisotopic (exact) mass is 331 g/mol. The highest BCUT2D eigenvalue weighted by Crippen LogP contribution is 2.16. The number of aromatic nitrogens is 2. The van der Waals surface area contributed by atoms with E-state index in [4.69, 9.17) is 0 Å². The Kier molecular flexibility index (Phi) is 6.78. The second-order valence-corrected chi connectivity index (χ2v) is 5.69. The number of guanidine groups is 1. The molecule has 1 aromatic carbocycles. The maximum absolute atomic E-state index is 14.4. The van der Waals surface area contributed by atoms with E-state index >= 15 is 0 Å². The fourth-order valence-electron chi connectivity index (χ4n) is 2.48. The lowest BCUT2D eigenvalue weighted by Crippen LogP contribution is -2.37. The maximum Gasteiger partial charge on any atom is 0.191 e. The number of nitrogens with zero attached hydrogens (tertiary/aromatic N) is 3. The molecule has 0 bridgehead atoms. The summed E-state index contributed by atoms with van der Waals surface area (Å²) in [6.45, 7) is 5.44. The Labute approximate surface area is 143 Å². The molecule has 0 unspecified atom stereocenters. The van der Waals surface area contributed by atoms with Crippen LogP contribution in [-0.2, 0) is 6.54 Å². The molecule has 0 radical (unpaired) electrons. The van der Waals surface area contributed by atoms with Crippen LogP contribution in [0.3, 0.4) is 0 Å². The van der Waals surface area contributed by atoms with Crippen molar-refractivity contribution in [2.75, 3.05) is 13.6 Å². The Morgan fingerprint density at radius 3 is 2.75 bits per heavy atom. The molecular weight excluding hydrogens is 305 g/mol. The largest absolute Gasteiger partial charge is 0.356 e. The van der Waals surface area contributed by atoms with Crippen LogP contribution in [0.2, 0.25) is 0 Å². The number of aryl methyl sites for hydroxylation is 1. The number of benzene rings is 1. The molecule has 2 rings (SSSR count). The fourth-order valence-corrected chi connectivity index (χ4v) is 2.48. The Morgan fingerprint density at radius 1 is 1.29 bits per heavy atom. The molecule has 0 amide bonds. The topological polar surface area (TPSA) is 54.2 Å². The minimum atomic E-state index is -0.263. The molecule has 5 nitrogen and oxygen atoms in total. The van der Waals surface area contributed by atoms with Gasteiger partial charge in [0.25, 0.3) is 0 Å². The van der Waals surface area contributed by atoms with Gasteiger partial charge in [-0.1, -0.05) is 25.8 Å². The van der Waals surface area contributed by atoms with Crippen LogP contribution in [-0.4, -0.2) is 29.1 Å². The average Bonchev–Trinajstić information content (AvgIpc) is 3.00. The molecule has 0 aliphatic carbocycles. The van der Waals surface area contributed by atoms with Crippen molar-refractivity contribution < 1.29 is 4.39 Å². The lowest BCUT2D eigenvalue weighted by molar-refractivity contribution is 0.613. The summed E-state index contributed by atoms with van der Waals surface area (Å²) >= 11 is 0. The van der Waals surface area contributed by atoms with E-state index in [2.05, 4.69) is 27.5 Å². The van der Waals surface area contributed by atoms with Gasteiger partial charge in [0.1, 0.15) is 11.6 Å². The van der Waals surface area contributed by atoms with E-state index in [0.717, 1.165) is 30.3 Å². The number of nitrogens with one attached hydrogen (secondary N) is 2. The van der Waals surface area contributed by atoms with E-state index in [9.17, 15) is 4.39 Å². The van der Waals surface area contributed by atoms with Gasteiger partial charge in [0.15, 0.2) is 5.96 Å². The Hall–Kier alpha value is -2.37. The lowest BCUT2D eigenvalue weighted by Gasteiger charge is -2.13. The molecule has 0 saturated heterocycles. The van der Waals surface area contributed by atoms with Crippen molar-refractivity contribution in [3.63, 3.8) is 0 Å². The maximum atomic E-state index is 14.4. The van der Waals surface area contributed by atoms with Crippen LogP contribution in [0, 0.1) is 12.7 Å². The van der Waals surface area contributed by atoms with Crippen molar-refractivity contribution in [2.45, 2.75) is 39.7 Å². The van der Waals surface area contributed by atoms with Crippen LogP contribution in [0.1, 0.15) is 37.6 Å². The lowest BCUT2D eigenvalue weighted by atomic mass is 10.2. The molecule has 2 aromatic rings. The van der Waals surface area contributed by atoms with Gasteiger partial charge in [-0.3, -0.25) is 4.99 Å². The van der Waals surface area contributed by atoms with E-state index in [1.54, 1.807) is 36.1 Å². The molecule has 0 aliphatic rings. The minimum Gasteiger partial charge on any atom is -0.356 e. The molecule has 0 fully saturated rings. The highest BCUT2D eigenvalue weighted by molar-refractivity contribution is 5.79. The Bertz CT molecular complexity index is 678. The predicted molar refractivity (Wildman–Crippen MR) is 96.0 cm³/mol. The zero-order valence-corrected chi connectivity index (χ0v) is 14.6. The summed E-state index contributed by atoms with van der Waals surface area (Å²) in [6.07, 6.45) is 6.93. The third kappa shape index (κ3) is 4.81. The second kappa shape index (κ2) is 9.05. The van der Waals surface area contributed by atoms with Gasteiger partial charge in [0.2, 0.25) is 0 Å². The number of hydrogen-bond acceptors (Lipinski definition) is 2. The predicted octanol–water partition coefficient (Wildman–Crippen LogP) is 3.18. The van der Waals surface area contributed by atoms with Gasteiger partial charge in [0, 0.05) is 32.5 Å². The molecule has 0 aliphatic heterocycles. The van der Waals surface area contributed by atoms with Crippen LogP contribution >= 0.6 is 0 Å². The van der Waals surface area contributed by atoms with Crippen molar-refractivity contribution in [1.82, 2.24) is 20.2 Å². The van der Waals surface area contributed by atoms with E-state index in [0.29, 0.717) is 12.2 Å². The second-order valence-electron chi connectivity index (χ2n) is 5.69. The normalized spacial score (nSPS) is 11.6. The Balaban J connectivity index is 1.94. The number of rotatable bonds is 7.